The van der Waals surface area contributed by atoms with Gasteiger partial charge in [0.1, 0.15) is 5.69 Å². The van der Waals surface area contributed by atoms with Gasteiger partial charge in [-0.05, 0) is 12.1 Å². The van der Waals surface area contributed by atoms with E-state index in [1.54, 1.807) is 13.2 Å². The van der Waals surface area contributed by atoms with Crippen molar-refractivity contribution in [2.75, 3.05) is 14.2 Å². The monoisotopic (exact) mass is 285 g/mol. The van der Waals surface area contributed by atoms with E-state index in [-0.39, 0.29) is 11.6 Å². The third-order valence-corrected chi connectivity index (χ3v) is 2.88. The first-order valence-corrected chi connectivity index (χ1v) is 6.07. The second kappa shape index (κ2) is 5.99. The highest BCUT2D eigenvalue weighted by Gasteiger charge is 2.14. The maximum Gasteiger partial charge on any atom is 0.167 e. The summed E-state index contributed by atoms with van der Waals surface area (Å²) in [5.41, 5.74) is 1.84. The quantitative estimate of drug-likeness (QED) is 0.791. The molecule has 0 aliphatic rings. The number of hydrogen-bond acceptors (Lipinski definition) is 4. The van der Waals surface area contributed by atoms with Crippen LogP contribution >= 0.6 is 11.6 Å². The molecule has 1 heterocycles. The second-order valence-corrected chi connectivity index (χ2v) is 4.05. The molecule has 0 spiro atoms. The van der Waals surface area contributed by atoms with Gasteiger partial charge in [0.25, 0.3) is 0 Å². The highest BCUT2D eigenvalue weighted by Crippen LogP contribution is 2.22. The third-order valence-electron chi connectivity index (χ3n) is 2.63. The van der Waals surface area contributed by atoms with Gasteiger partial charge < -0.3 is 9.47 Å². The largest absolute Gasteiger partial charge is 0.494 e. The van der Waals surface area contributed by atoms with Gasteiger partial charge in [-0.25, -0.2) is 9.07 Å². The minimum atomic E-state index is -0.466. The van der Waals surface area contributed by atoms with Gasteiger partial charge in [-0.2, -0.15) is 0 Å². The zero-order valence-corrected chi connectivity index (χ0v) is 11.3. The van der Waals surface area contributed by atoms with Crippen molar-refractivity contribution in [2.45, 2.75) is 12.5 Å². The molecule has 0 radical (unpaired) electrons. The van der Waals surface area contributed by atoms with Crippen LogP contribution in [-0.4, -0.2) is 29.2 Å². The number of hydrogen-bond donors (Lipinski definition) is 0. The van der Waals surface area contributed by atoms with E-state index < -0.39 is 5.82 Å². The molecule has 2 aromatic rings. The Labute approximate surface area is 114 Å². The zero-order valence-electron chi connectivity index (χ0n) is 10.6. The van der Waals surface area contributed by atoms with Gasteiger partial charge in [-0.3, -0.25) is 0 Å². The van der Waals surface area contributed by atoms with Crippen LogP contribution in [0.5, 0.6) is 5.75 Å². The first kappa shape index (κ1) is 13.8. The molecule has 102 valence electrons. The molecule has 0 fully saturated rings. The van der Waals surface area contributed by atoms with Crippen molar-refractivity contribution in [3.05, 3.63) is 35.4 Å². The van der Waals surface area contributed by atoms with Crippen LogP contribution in [0.2, 0.25) is 0 Å². The number of benzene rings is 1. The highest BCUT2D eigenvalue weighted by molar-refractivity contribution is 6.16. The van der Waals surface area contributed by atoms with Crippen LogP contribution in [0, 0.1) is 5.82 Å². The minimum Gasteiger partial charge on any atom is -0.494 e. The molecule has 1 aromatic carbocycles. The predicted molar refractivity (Wildman–Crippen MR) is 68.1 cm³/mol. The number of ether oxygens (including phenoxy) is 2. The second-order valence-electron chi connectivity index (χ2n) is 3.78. The molecule has 0 N–H and O–H groups in total. The SMILES string of the molecule is COCc1c(CCl)nnn1-c1ccc(OC)c(F)c1. The number of halogens is 2. The van der Waals surface area contributed by atoms with Crippen molar-refractivity contribution < 1.29 is 13.9 Å². The summed E-state index contributed by atoms with van der Waals surface area (Å²) in [7, 11) is 2.97. The van der Waals surface area contributed by atoms with Crippen molar-refractivity contribution >= 4 is 11.6 Å². The average Bonchev–Trinajstić information content (AvgIpc) is 2.82. The number of rotatable bonds is 5. The average molecular weight is 286 g/mol. The highest BCUT2D eigenvalue weighted by atomic mass is 35.5. The Morgan fingerprint density at radius 3 is 2.74 bits per heavy atom. The van der Waals surface area contributed by atoms with Gasteiger partial charge in [0.05, 0.1) is 31.0 Å². The molecule has 0 unspecified atom stereocenters. The van der Waals surface area contributed by atoms with Crippen molar-refractivity contribution in [3.8, 4) is 11.4 Å². The maximum absolute atomic E-state index is 13.7. The van der Waals surface area contributed by atoms with Gasteiger partial charge in [0.15, 0.2) is 11.6 Å². The van der Waals surface area contributed by atoms with Crippen molar-refractivity contribution in [1.82, 2.24) is 15.0 Å². The van der Waals surface area contributed by atoms with Crippen molar-refractivity contribution in [3.63, 3.8) is 0 Å². The van der Waals surface area contributed by atoms with Gasteiger partial charge in [-0.1, -0.05) is 5.21 Å². The fourth-order valence-corrected chi connectivity index (χ4v) is 1.92. The van der Waals surface area contributed by atoms with E-state index in [4.69, 9.17) is 21.1 Å². The van der Waals surface area contributed by atoms with Crippen LogP contribution in [0.3, 0.4) is 0 Å². The van der Waals surface area contributed by atoms with Crippen LogP contribution in [0.4, 0.5) is 4.39 Å². The Morgan fingerprint density at radius 1 is 1.37 bits per heavy atom. The molecule has 1 aromatic heterocycles. The first-order valence-electron chi connectivity index (χ1n) is 5.53. The number of alkyl halides is 1. The number of methoxy groups -OCH3 is 2. The van der Waals surface area contributed by atoms with Crippen LogP contribution in [0.1, 0.15) is 11.4 Å². The third kappa shape index (κ3) is 2.69. The topological polar surface area (TPSA) is 49.2 Å². The first-order chi connectivity index (χ1) is 9.21. The number of nitrogens with zero attached hydrogens (tertiary/aromatic N) is 3. The van der Waals surface area contributed by atoms with Crippen LogP contribution in [0.15, 0.2) is 18.2 Å². The summed E-state index contributed by atoms with van der Waals surface area (Å²) in [6.07, 6.45) is 0. The fourth-order valence-electron chi connectivity index (χ4n) is 1.71. The van der Waals surface area contributed by atoms with Gasteiger partial charge >= 0.3 is 0 Å². The molecule has 0 bridgehead atoms. The Morgan fingerprint density at radius 2 is 2.16 bits per heavy atom. The molecule has 2 rings (SSSR count). The molecule has 0 aliphatic heterocycles. The fraction of sp³-hybridized carbons (Fsp3) is 0.333. The summed E-state index contributed by atoms with van der Waals surface area (Å²) in [6, 6.07) is 4.54. The van der Waals surface area contributed by atoms with Crippen molar-refractivity contribution in [2.24, 2.45) is 0 Å². The van der Waals surface area contributed by atoms with E-state index in [1.165, 1.54) is 23.9 Å². The van der Waals surface area contributed by atoms with E-state index in [2.05, 4.69) is 10.3 Å². The standard InChI is InChI=1S/C12H13ClFN3O2/c1-18-7-11-10(6-13)15-16-17(11)8-3-4-12(19-2)9(14)5-8/h3-5H,6-7H2,1-2H3. The lowest BCUT2D eigenvalue weighted by molar-refractivity contribution is 0.178. The molecule has 19 heavy (non-hydrogen) atoms. The van der Waals surface area contributed by atoms with Gasteiger partial charge in [0, 0.05) is 13.2 Å². The van der Waals surface area contributed by atoms with E-state index in [9.17, 15) is 4.39 Å². The summed E-state index contributed by atoms with van der Waals surface area (Å²) in [4.78, 5) is 0. The lowest BCUT2D eigenvalue weighted by Gasteiger charge is -2.08. The molecule has 0 atom stereocenters. The summed E-state index contributed by atoms with van der Waals surface area (Å²) in [6.45, 7) is 0.294. The Kier molecular flexibility index (Phi) is 4.34. The molecule has 0 saturated carbocycles. The minimum absolute atomic E-state index is 0.176. The molecular weight excluding hydrogens is 273 g/mol. The predicted octanol–water partition coefficient (Wildman–Crippen LogP) is 2.30. The lowest BCUT2D eigenvalue weighted by atomic mass is 10.2. The Bertz CT molecular complexity index is 574. The molecule has 0 saturated heterocycles. The Hall–Kier alpha value is -1.66. The Balaban J connectivity index is 2.46. The maximum atomic E-state index is 13.7. The van der Waals surface area contributed by atoms with Crippen molar-refractivity contribution in [1.29, 1.82) is 0 Å². The van der Waals surface area contributed by atoms with E-state index in [1.807, 2.05) is 0 Å². The smallest absolute Gasteiger partial charge is 0.167 e. The van der Waals surface area contributed by atoms with E-state index in [0.717, 1.165) is 0 Å². The van der Waals surface area contributed by atoms with Crippen LogP contribution in [0.25, 0.3) is 5.69 Å². The number of aromatic nitrogens is 3. The summed E-state index contributed by atoms with van der Waals surface area (Å²) in [5.74, 6) is -0.0712. The molecule has 5 nitrogen and oxygen atoms in total. The molecule has 0 amide bonds. The van der Waals surface area contributed by atoms with Crippen LogP contribution < -0.4 is 4.74 Å². The summed E-state index contributed by atoms with van der Waals surface area (Å²) < 4.78 is 25.2. The zero-order chi connectivity index (χ0) is 13.8. The molecule has 7 heteroatoms. The van der Waals surface area contributed by atoms with E-state index >= 15 is 0 Å². The molecular formula is C12H13ClFN3O2. The lowest BCUT2D eigenvalue weighted by Crippen LogP contribution is -2.05. The van der Waals surface area contributed by atoms with Gasteiger partial charge in [0.2, 0.25) is 0 Å². The van der Waals surface area contributed by atoms with Crippen LogP contribution in [-0.2, 0) is 17.2 Å². The van der Waals surface area contributed by atoms with Gasteiger partial charge in [-0.15, -0.1) is 16.7 Å². The van der Waals surface area contributed by atoms with E-state index in [0.29, 0.717) is 23.7 Å². The summed E-state index contributed by atoms with van der Waals surface area (Å²) in [5, 5.41) is 7.92. The normalized spacial score (nSPS) is 10.7. The summed E-state index contributed by atoms with van der Waals surface area (Å²) >= 11 is 5.78. The molecule has 0 aliphatic carbocycles.